The maximum atomic E-state index is 5.94. The van der Waals surface area contributed by atoms with Gasteiger partial charge in [-0.05, 0) is 16.9 Å². The van der Waals surface area contributed by atoms with Crippen molar-refractivity contribution in [1.82, 2.24) is 9.97 Å². The molecule has 0 bridgehead atoms. The normalized spacial score (nSPS) is 24.1. The van der Waals surface area contributed by atoms with Gasteiger partial charge in [-0.15, -0.1) is 0 Å². The van der Waals surface area contributed by atoms with Crippen molar-refractivity contribution in [2.75, 3.05) is 5.73 Å². The first-order chi connectivity index (χ1) is 7.14. The summed E-state index contributed by atoms with van der Waals surface area (Å²) >= 11 is 5.94. The van der Waals surface area contributed by atoms with Gasteiger partial charge in [0.15, 0.2) is 0 Å². The summed E-state index contributed by atoms with van der Waals surface area (Å²) in [6.07, 6.45) is 0. The monoisotopic (exact) mass is 239 g/mol. The molecular weight excluding hydrogens is 222 g/mol. The molecule has 0 amide bonds. The lowest BCUT2D eigenvalue weighted by Crippen LogP contribution is -2.15. The van der Waals surface area contributed by atoms with Crippen molar-refractivity contribution in [3.05, 3.63) is 16.9 Å². The van der Waals surface area contributed by atoms with Gasteiger partial charge in [0.2, 0.25) is 5.95 Å². The molecule has 4 heteroatoms. The molecule has 2 rings (SSSR count). The molecule has 2 N–H and O–H groups in total. The zero-order valence-corrected chi connectivity index (χ0v) is 11.2. The summed E-state index contributed by atoms with van der Waals surface area (Å²) in [5.41, 5.74) is 6.97. The molecular formula is C12H18ClN3. The van der Waals surface area contributed by atoms with E-state index in [1.54, 1.807) is 0 Å². The predicted molar refractivity (Wildman–Crippen MR) is 66.4 cm³/mol. The van der Waals surface area contributed by atoms with Crippen molar-refractivity contribution < 1.29 is 0 Å². The first-order valence-corrected chi connectivity index (χ1v) is 5.83. The van der Waals surface area contributed by atoms with Gasteiger partial charge in [0.05, 0.1) is 5.69 Å². The molecule has 0 aromatic carbocycles. The fraction of sp³-hybridized carbons (Fsp3) is 0.667. The van der Waals surface area contributed by atoms with Crippen LogP contribution < -0.4 is 5.73 Å². The van der Waals surface area contributed by atoms with Gasteiger partial charge in [0.25, 0.3) is 0 Å². The molecule has 0 aliphatic heterocycles. The average Bonchev–Trinajstić information content (AvgIpc) is 2.43. The predicted octanol–water partition coefficient (Wildman–Crippen LogP) is 3.04. The Morgan fingerprint density at radius 1 is 1.06 bits per heavy atom. The van der Waals surface area contributed by atoms with Crippen molar-refractivity contribution in [3.63, 3.8) is 0 Å². The summed E-state index contributed by atoms with van der Waals surface area (Å²) in [7, 11) is 0. The van der Waals surface area contributed by atoms with Crippen LogP contribution in [-0.4, -0.2) is 9.97 Å². The highest BCUT2D eigenvalue weighted by atomic mass is 35.5. The molecule has 0 saturated heterocycles. The van der Waals surface area contributed by atoms with Gasteiger partial charge in [0, 0.05) is 5.41 Å². The second kappa shape index (κ2) is 2.89. The Hall–Kier alpha value is -0.830. The Morgan fingerprint density at radius 3 is 1.94 bits per heavy atom. The van der Waals surface area contributed by atoms with Crippen LogP contribution in [0.5, 0.6) is 0 Å². The van der Waals surface area contributed by atoms with Gasteiger partial charge >= 0.3 is 0 Å². The van der Waals surface area contributed by atoms with Gasteiger partial charge in [-0.2, -0.15) is 0 Å². The minimum Gasteiger partial charge on any atom is -0.368 e. The molecule has 0 atom stereocenters. The third-order valence-corrected chi connectivity index (χ3v) is 5.42. The summed E-state index contributed by atoms with van der Waals surface area (Å²) in [5.74, 6) is 0.252. The number of nitrogens with two attached hydrogens (primary N) is 1. The van der Waals surface area contributed by atoms with Gasteiger partial charge in [-0.1, -0.05) is 46.2 Å². The van der Waals surface area contributed by atoms with E-state index in [4.69, 9.17) is 17.3 Å². The average molecular weight is 240 g/mol. The Bertz CT molecular complexity index is 417. The Morgan fingerprint density at radius 2 is 1.56 bits per heavy atom. The van der Waals surface area contributed by atoms with Crippen LogP contribution in [0.3, 0.4) is 0 Å². The standard InChI is InChI=1S/C12H18ClN3/c1-10(2)11(3,4)12(10,5)7-6-8(13)16-9(14)15-7/h6H,1-5H3,(H2,14,15,16). The minimum atomic E-state index is 0.000694. The van der Waals surface area contributed by atoms with Gasteiger partial charge in [-0.3, -0.25) is 0 Å². The van der Waals surface area contributed by atoms with Crippen molar-refractivity contribution in [1.29, 1.82) is 0 Å². The molecule has 0 unspecified atom stereocenters. The van der Waals surface area contributed by atoms with Crippen molar-refractivity contribution in [2.45, 2.75) is 40.0 Å². The molecule has 1 heterocycles. The van der Waals surface area contributed by atoms with Crippen LogP contribution >= 0.6 is 11.6 Å². The van der Waals surface area contributed by atoms with Crippen molar-refractivity contribution >= 4 is 17.5 Å². The molecule has 1 saturated carbocycles. The van der Waals surface area contributed by atoms with E-state index in [0.29, 0.717) is 5.15 Å². The number of rotatable bonds is 1. The zero-order valence-electron chi connectivity index (χ0n) is 10.4. The van der Waals surface area contributed by atoms with Crippen molar-refractivity contribution in [2.24, 2.45) is 10.8 Å². The van der Waals surface area contributed by atoms with Gasteiger partial charge in [0.1, 0.15) is 5.15 Å². The smallest absolute Gasteiger partial charge is 0.221 e. The Kier molecular flexibility index (Phi) is 2.10. The second-order valence-electron chi connectivity index (χ2n) is 5.81. The highest BCUT2D eigenvalue weighted by molar-refractivity contribution is 6.29. The summed E-state index contributed by atoms with van der Waals surface area (Å²) < 4.78 is 0. The number of aromatic nitrogens is 2. The third kappa shape index (κ3) is 1.10. The number of nitrogen functional groups attached to an aromatic ring is 1. The molecule has 1 fully saturated rings. The van der Waals surface area contributed by atoms with Crippen LogP contribution in [0.15, 0.2) is 6.07 Å². The van der Waals surface area contributed by atoms with Gasteiger partial charge in [-0.25, -0.2) is 9.97 Å². The van der Waals surface area contributed by atoms with Crippen LogP contribution in [0.4, 0.5) is 5.95 Å². The SMILES string of the molecule is CC1(C)C(C)(C)C1(C)c1cc(Cl)nc(N)n1. The summed E-state index contributed by atoms with van der Waals surface area (Å²) in [4.78, 5) is 8.24. The van der Waals surface area contributed by atoms with Gasteiger partial charge < -0.3 is 5.73 Å². The quantitative estimate of drug-likeness (QED) is 0.767. The van der Waals surface area contributed by atoms with Crippen LogP contribution in [0, 0.1) is 10.8 Å². The van der Waals surface area contributed by atoms with E-state index in [9.17, 15) is 0 Å². The fourth-order valence-electron chi connectivity index (χ4n) is 2.93. The van der Waals surface area contributed by atoms with Crippen LogP contribution in [0.25, 0.3) is 0 Å². The van der Waals surface area contributed by atoms with Crippen LogP contribution in [-0.2, 0) is 5.41 Å². The van der Waals surface area contributed by atoms with E-state index < -0.39 is 0 Å². The molecule has 16 heavy (non-hydrogen) atoms. The Labute approximate surface area is 101 Å². The molecule has 1 aromatic heterocycles. The van der Waals surface area contributed by atoms with E-state index in [-0.39, 0.29) is 22.2 Å². The molecule has 3 nitrogen and oxygen atoms in total. The molecule has 88 valence electrons. The van der Waals surface area contributed by atoms with Crippen LogP contribution in [0.1, 0.15) is 40.3 Å². The zero-order chi connectivity index (χ0) is 12.4. The molecule has 0 spiro atoms. The Balaban J connectivity index is 2.55. The third-order valence-electron chi connectivity index (χ3n) is 5.22. The maximum Gasteiger partial charge on any atom is 0.221 e. The molecule has 1 aliphatic rings. The molecule has 1 aromatic rings. The fourth-order valence-corrected chi connectivity index (χ4v) is 3.12. The van der Waals surface area contributed by atoms with E-state index in [1.807, 2.05) is 6.07 Å². The highest BCUT2D eigenvalue weighted by Crippen LogP contribution is 2.77. The van der Waals surface area contributed by atoms with Crippen LogP contribution in [0.2, 0.25) is 5.15 Å². The second-order valence-corrected chi connectivity index (χ2v) is 6.20. The number of hydrogen-bond donors (Lipinski definition) is 1. The lowest BCUT2D eigenvalue weighted by molar-refractivity contribution is 0.457. The number of anilines is 1. The van der Waals surface area contributed by atoms with Crippen molar-refractivity contribution in [3.8, 4) is 0 Å². The maximum absolute atomic E-state index is 5.94. The summed E-state index contributed by atoms with van der Waals surface area (Å²) in [6, 6.07) is 1.83. The largest absolute Gasteiger partial charge is 0.368 e. The number of halogens is 1. The summed E-state index contributed by atoms with van der Waals surface area (Å²) in [6.45, 7) is 11.2. The number of hydrogen-bond acceptors (Lipinski definition) is 3. The number of nitrogens with zero attached hydrogens (tertiary/aromatic N) is 2. The molecule has 1 aliphatic carbocycles. The van der Waals surface area contributed by atoms with E-state index in [0.717, 1.165) is 5.69 Å². The van der Waals surface area contributed by atoms with E-state index in [1.165, 1.54) is 0 Å². The highest BCUT2D eigenvalue weighted by Gasteiger charge is 2.75. The van der Waals surface area contributed by atoms with E-state index >= 15 is 0 Å². The lowest BCUT2D eigenvalue weighted by Gasteiger charge is -2.15. The first kappa shape index (κ1) is 11.6. The molecule has 0 radical (unpaired) electrons. The lowest BCUT2D eigenvalue weighted by atomic mass is 9.93. The summed E-state index contributed by atoms with van der Waals surface area (Å²) in [5, 5.41) is 0.419. The topological polar surface area (TPSA) is 51.8 Å². The minimum absolute atomic E-state index is 0.000694. The van der Waals surface area contributed by atoms with E-state index in [2.05, 4.69) is 44.6 Å². The first-order valence-electron chi connectivity index (χ1n) is 5.45.